The highest BCUT2D eigenvalue weighted by atomic mass is 16.6. The van der Waals surface area contributed by atoms with Crippen LogP contribution in [0, 0.1) is 0 Å². The number of fused-ring (bicyclic) bond motifs is 3. The zero-order valence-electron chi connectivity index (χ0n) is 17.3. The van der Waals surface area contributed by atoms with Crippen molar-refractivity contribution < 1.29 is 9.53 Å². The molecule has 1 unspecified atom stereocenters. The van der Waals surface area contributed by atoms with Gasteiger partial charge in [0.1, 0.15) is 11.8 Å². The highest BCUT2D eigenvalue weighted by molar-refractivity contribution is 6.39. The highest BCUT2D eigenvalue weighted by Gasteiger charge is 2.44. The number of guanidine groups is 1. The van der Waals surface area contributed by atoms with Crippen LogP contribution in [-0.4, -0.2) is 34.3 Å². The third-order valence-electron chi connectivity index (χ3n) is 5.72. The second kappa shape index (κ2) is 6.34. The van der Waals surface area contributed by atoms with E-state index in [0.29, 0.717) is 17.5 Å². The summed E-state index contributed by atoms with van der Waals surface area (Å²) in [6.45, 7) is 3.72. The largest absolute Gasteiger partial charge is 0.438 e. The van der Waals surface area contributed by atoms with Crippen molar-refractivity contribution in [2.45, 2.75) is 19.4 Å². The number of amides is 1. The van der Waals surface area contributed by atoms with Gasteiger partial charge in [-0.1, -0.05) is 16.7 Å². The van der Waals surface area contributed by atoms with Gasteiger partial charge >= 0.3 is 6.09 Å². The summed E-state index contributed by atoms with van der Waals surface area (Å²) in [4.78, 5) is 20.8. The van der Waals surface area contributed by atoms with Gasteiger partial charge in [0.25, 0.3) is 11.8 Å². The molecule has 10 heteroatoms. The van der Waals surface area contributed by atoms with Crippen molar-refractivity contribution >= 4 is 52.1 Å². The minimum absolute atomic E-state index is 0.0469. The number of rotatable bonds is 2. The zero-order chi connectivity index (χ0) is 21.9. The fourth-order valence-electron chi connectivity index (χ4n) is 4.24. The summed E-state index contributed by atoms with van der Waals surface area (Å²) < 4.78 is 5.43. The van der Waals surface area contributed by atoms with Crippen molar-refractivity contribution in [2.75, 3.05) is 10.6 Å². The molecule has 0 aliphatic carbocycles. The van der Waals surface area contributed by atoms with Crippen LogP contribution < -0.4 is 15.2 Å². The van der Waals surface area contributed by atoms with Gasteiger partial charge in [0.15, 0.2) is 11.9 Å². The lowest BCUT2D eigenvalue weighted by Crippen LogP contribution is -2.44. The normalized spacial score (nSPS) is 22.5. The SMILES string of the molecule is CC1(C)OC(=O)Nc2cc(NC3=N[N+]4(c5cccc6[nH]ncc56)C=CN=CC4=N3)ccc21. The van der Waals surface area contributed by atoms with E-state index in [1.165, 1.54) is 0 Å². The number of benzene rings is 2. The van der Waals surface area contributed by atoms with Gasteiger partial charge in [0.05, 0.1) is 29.0 Å². The van der Waals surface area contributed by atoms with E-state index in [9.17, 15) is 4.79 Å². The van der Waals surface area contributed by atoms with Crippen molar-refractivity contribution in [1.29, 1.82) is 0 Å². The Morgan fingerprint density at radius 2 is 2.09 bits per heavy atom. The maximum atomic E-state index is 11.9. The van der Waals surface area contributed by atoms with Crippen molar-refractivity contribution in [1.82, 2.24) is 14.8 Å². The second-order valence-electron chi connectivity index (χ2n) is 8.17. The molecular weight excluding hydrogens is 408 g/mol. The molecule has 1 aromatic heterocycles. The first kappa shape index (κ1) is 18.5. The summed E-state index contributed by atoms with van der Waals surface area (Å²) in [7, 11) is 0. The average Bonchev–Trinajstić information content (AvgIpc) is 3.37. The predicted octanol–water partition coefficient (Wildman–Crippen LogP) is 4.02. The number of aliphatic imine (C=N–C) groups is 2. The van der Waals surface area contributed by atoms with Crippen LogP contribution in [0.5, 0.6) is 0 Å². The van der Waals surface area contributed by atoms with E-state index in [1.54, 1.807) is 18.6 Å². The van der Waals surface area contributed by atoms with E-state index in [0.717, 1.165) is 27.8 Å². The molecule has 0 spiro atoms. The van der Waals surface area contributed by atoms with Crippen LogP contribution in [0.4, 0.5) is 21.9 Å². The Morgan fingerprint density at radius 3 is 3.00 bits per heavy atom. The number of cyclic esters (lactones) is 1. The Labute approximate surface area is 182 Å². The monoisotopic (exact) mass is 427 g/mol. The van der Waals surface area contributed by atoms with Gasteiger partial charge in [0.2, 0.25) is 0 Å². The van der Waals surface area contributed by atoms with Gasteiger partial charge in [-0.05, 0) is 37.1 Å². The highest BCUT2D eigenvalue weighted by Crippen LogP contribution is 2.38. The first-order valence-electron chi connectivity index (χ1n) is 10.1. The van der Waals surface area contributed by atoms with Crippen molar-refractivity contribution in [3.05, 3.63) is 60.6 Å². The summed E-state index contributed by atoms with van der Waals surface area (Å²) in [6.07, 6.45) is 6.59. The van der Waals surface area contributed by atoms with Crippen LogP contribution in [-0.2, 0) is 10.3 Å². The minimum Gasteiger partial charge on any atom is -0.438 e. The van der Waals surface area contributed by atoms with Crippen LogP contribution in [0.2, 0.25) is 0 Å². The van der Waals surface area contributed by atoms with Crippen LogP contribution >= 0.6 is 0 Å². The molecule has 4 heterocycles. The van der Waals surface area contributed by atoms with Crippen molar-refractivity contribution in [3.8, 4) is 0 Å². The molecule has 3 N–H and O–H groups in total. The van der Waals surface area contributed by atoms with Gasteiger partial charge in [0, 0.05) is 17.3 Å². The Kier molecular flexibility index (Phi) is 3.66. The van der Waals surface area contributed by atoms with Crippen LogP contribution in [0.3, 0.4) is 0 Å². The number of nitrogens with zero attached hydrogens (tertiary/aromatic N) is 5. The Bertz CT molecular complexity index is 1410. The number of quaternary nitrogens is 1. The molecule has 32 heavy (non-hydrogen) atoms. The second-order valence-corrected chi connectivity index (χ2v) is 8.17. The molecule has 3 aliphatic heterocycles. The van der Waals surface area contributed by atoms with Crippen LogP contribution in [0.1, 0.15) is 19.4 Å². The molecule has 0 bridgehead atoms. The third-order valence-corrected chi connectivity index (χ3v) is 5.72. The number of anilines is 2. The fourth-order valence-corrected chi connectivity index (χ4v) is 4.24. The lowest BCUT2D eigenvalue weighted by molar-refractivity contribution is 0.0421. The molecule has 158 valence electrons. The molecule has 1 atom stereocenters. The lowest BCUT2D eigenvalue weighted by Gasteiger charge is -2.32. The Balaban J connectivity index is 1.40. The first-order valence-corrected chi connectivity index (χ1v) is 10.1. The Morgan fingerprint density at radius 1 is 1.19 bits per heavy atom. The topological polar surface area (TPSA) is 116 Å². The van der Waals surface area contributed by atoms with Crippen LogP contribution in [0.15, 0.2) is 70.1 Å². The van der Waals surface area contributed by atoms with Crippen molar-refractivity contribution in [2.24, 2.45) is 15.1 Å². The molecule has 0 fully saturated rings. The summed E-state index contributed by atoms with van der Waals surface area (Å²) in [5.74, 6) is 1.08. The van der Waals surface area contributed by atoms with Gasteiger partial charge in [-0.25, -0.2) is 4.79 Å². The fraction of sp³-hybridized carbons (Fsp3) is 0.136. The number of carbonyl (C=O) groups excluding carboxylic acids is 1. The summed E-state index contributed by atoms with van der Waals surface area (Å²) in [6, 6.07) is 11.6. The number of ether oxygens (including phenoxy) is 1. The number of carbonyl (C=O) groups is 1. The number of hydrogen-bond acceptors (Lipinski definition) is 7. The molecule has 2 aromatic carbocycles. The van der Waals surface area contributed by atoms with Crippen molar-refractivity contribution in [3.63, 3.8) is 0 Å². The first-order chi connectivity index (χ1) is 15.4. The van der Waals surface area contributed by atoms with Gasteiger partial charge in [-0.15, -0.1) is 0 Å². The molecule has 0 saturated carbocycles. The lowest BCUT2D eigenvalue weighted by atomic mass is 9.94. The van der Waals surface area contributed by atoms with E-state index in [4.69, 9.17) is 9.84 Å². The standard InChI is InChI=1S/C22H18N8O2/c1-22(2)15-7-6-13(10-17(15)26-21(31)32-22)25-20-27-19-12-23-8-9-30(19,29-20)18-5-3-4-16-14(18)11-24-28-16/h3-12H,1-2H3,(H2-,24,25,26,28,29,31)/p+1. The number of aromatic nitrogens is 2. The molecule has 0 saturated heterocycles. The number of H-pyrrole nitrogens is 1. The van der Waals surface area contributed by atoms with Crippen LogP contribution in [0.25, 0.3) is 10.9 Å². The molecule has 3 aromatic rings. The number of nitrogens with one attached hydrogen (secondary N) is 3. The molecule has 1 amide bonds. The predicted molar refractivity (Wildman–Crippen MR) is 124 cm³/mol. The summed E-state index contributed by atoms with van der Waals surface area (Å²) in [5, 5.41) is 19.0. The average molecular weight is 427 g/mol. The zero-order valence-corrected chi connectivity index (χ0v) is 17.3. The maximum Gasteiger partial charge on any atom is 0.412 e. The molecule has 3 aliphatic rings. The van der Waals surface area contributed by atoms with E-state index in [-0.39, 0.29) is 4.59 Å². The van der Waals surface area contributed by atoms with Gasteiger partial charge in [-0.3, -0.25) is 15.4 Å². The molecular formula is C22H19N8O2+. The number of amidine groups is 1. The molecule has 0 radical (unpaired) electrons. The third kappa shape index (κ3) is 2.66. The number of hydrogen-bond donors (Lipinski definition) is 3. The maximum absolute atomic E-state index is 11.9. The molecule has 6 rings (SSSR count). The minimum atomic E-state index is -0.707. The van der Waals surface area contributed by atoms with Gasteiger partial charge < -0.3 is 10.1 Å². The van der Waals surface area contributed by atoms with E-state index in [2.05, 4.69) is 30.8 Å². The summed E-state index contributed by atoms with van der Waals surface area (Å²) in [5.41, 5.74) is 3.44. The number of aromatic amines is 1. The van der Waals surface area contributed by atoms with E-state index >= 15 is 0 Å². The van der Waals surface area contributed by atoms with Gasteiger partial charge in [-0.2, -0.15) is 10.1 Å². The van der Waals surface area contributed by atoms with E-state index < -0.39 is 11.7 Å². The van der Waals surface area contributed by atoms with E-state index in [1.807, 2.05) is 56.4 Å². The Hall–Kier alpha value is -4.31. The quantitative estimate of drug-likeness (QED) is 0.536. The summed E-state index contributed by atoms with van der Waals surface area (Å²) >= 11 is 0. The smallest absolute Gasteiger partial charge is 0.412 e. The molecule has 10 nitrogen and oxygen atoms in total.